The molecule has 0 bridgehead atoms. The van der Waals surface area contributed by atoms with E-state index in [1.165, 1.54) is 10.9 Å². The summed E-state index contributed by atoms with van der Waals surface area (Å²) in [5, 5.41) is 4.44. The second-order valence-corrected chi connectivity index (χ2v) is 7.65. The number of ether oxygens (including phenoxy) is 2. The number of aromatic amines is 1. The van der Waals surface area contributed by atoms with Crippen LogP contribution in [0.3, 0.4) is 0 Å². The molecule has 2 N–H and O–H groups in total. The topological polar surface area (TPSA) is 66.6 Å². The Hall–Kier alpha value is -2.99. The lowest BCUT2D eigenvalue weighted by molar-refractivity contribution is -0.131. The average Bonchev–Trinajstić information content (AvgIpc) is 3.17. The number of para-hydroxylation sites is 1. The highest BCUT2D eigenvalue weighted by molar-refractivity contribution is 5.83. The Morgan fingerprint density at radius 2 is 1.87 bits per heavy atom. The largest absolute Gasteiger partial charge is 0.493 e. The number of rotatable bonds is 10. The second kappa shape index (κ2) is 10.2. The van der Waals surface area contributed by atoms with Crippen molar-refractivity contribution in [3.05, 3.63) is 59.8 Å². The van der Waals surface area contributed by atoms with Crippen LogP contribution in [0.5, 0.6) is 11.5 Å². The lowest BCUT2D eigenvalue weighted by atomic mass is 10.1. The minimum atomic E-state index is 0.0818. The van der Waals surface area contributed by atoms with Crippen LogP contribution >= 0.6 is 0 Å². The molecule has 3 rings (SSSR count). The molecule has 0 aliphatic heterocycles. The number of benzene rings is 2. The van der Waals surface area contributed by atoms with Gasteiger partial charge in [0, 0.05) is 36.2 Å². The minimum absolute atomic E-state index is 0.0818. The number of aromatic nitrogens is 1. The summed E-state index contributed by atoms with van der Waals surface area (Å²) in [5.74, 6) is 1.43. The van der Waals surface area contributed by atoms with E-state index in [0.29, 0.717) is 31.1 Å². The van der Waals surface area contributed by atoms with Gasteiger partial charge in [0.25, 0.3) is 0 Å². The zero-order chi connectivity index (χ0) is 21.5. The number of nitrogens with one attached hydrogen (secondary N) is 2. The van der Waals surface area contributed by atoms with E-state index in [1.54, 1.807) is 14.2 Å². The highest BCUT2D eigenvalue weighted by Gasteiger charge is 2.16. The number of amides is 1. The Balaban J connectivity index is 1.77. The summed E-state index contributed by atoms with van der Waals surface area (Å²) in [6.45, 7) is 5.55. The highest BCUT2D eigenvalue weighted by Crippen LogP contribution is 2.28. The van der Waals surface area contributed by atoms with Crippen molar-refractivity contribution in [3.8, 4) is 11.5 Å². The SMILES string of the molecule is COc1ccc(CN(CCc2c[nH]c3ccccc23)C(=O)CNC(C)C)cc1OC. The maximum absolute atomic E-state index is 13.0. The van der Waals surface area contributed by atoms with Crippen LogP contribution in [0.15, 0.2) is 48.7 Å². The minimum Gasteiger partial charge on any atom is -0.493 e. The monoisotopic (exact) mass is 409 g/mol. The van der Waals surface area contributed by atoms with E-state index in [1.807, 2.05) is 55.3 Å². The first kappa shape index (κ1) is 21.7. The van der Waals surface area contributed by atoms with Gasteiger partial charge < -0.3 is 24.7 Å². The summed E-state index contributed by atoms with van der Waals surface area (Å²) in [6.07, 6.45) is 2.82. The molecule has 3 aromatic rings. The summed E-state index contributed by atoms with van der Waals surface area (Å²) in [6, 6.07) is 14.3. The molecule has 1 heterocycles. The van der Waals surface area contributed by atoms with Crippen molar-refractivity contribution in [1.29, 1.82) is 0 Å². The summed E-state index contributed by atoms with van der Waals surface area (Å²) < 4.78 is 10.7. The van der Waals surface area contributed by atoms with Gasteiger partial charge in [0.05, 0.1) is 20.8 Å². The zero-order valence-electron chi connectivity index (χ0n) is 18.2. The number of carbonyl (C=O) groups is 1. The van der Waals surface area contributed by atoms with Crippen molar-refractivity contribution in [3.63, 3.8) is 0 Å². The Bertz CT molecular complexity index is 981. The maximum atomic E-state index is 13.0. The molecule has 0 fully saturated rings. The maximum Gasteiger partial charge on any atom is 0.236 e. The lowest BCUT2D eigenvalue weighted by Crippen LogP contribution is -2.40. The first-order valence-corrected chi connectivity index (χ1v) is 10.3. The fraction of sp³-hybridized carbons (Fsp3) is 0.375. The Morgan fingerprint density at radius 1 is 1.10 bits per heavy atom. The molecule has 0 unspecified atom stereocenters. The van der Waals surface area contributed by atoms with Gasteiger partial charge >= 0.3 is 0 Å². The van der Waals surface area contributed by atoms with Crippen LogP contribution < -0.4 is 14.8 Å². The van der Waals surface area contributed by atoms with Gasteiger partial charge in [-0.05, 0) is 35.7 Å². The number of methoxy groups -OCH3 is 2. The lowest BCUT2D eigenvalue weighted by Gasteiger charge is -2.24. The molecule has 30 heavy (non-hydrogen) atoms. The molecule has 0 spiro atoms. The molecule has 6 nitrogen and oxygen atoms in total. The normalized spacial score (nSPS) is 11.1. The van der Waals surface area contributed by atoms with E-state index in [0.717, 1.165) is 17.5 Å². The van der Waals surface area contributed by atoms with Crippen LogP contribution in [0.4, 0.5) is 0 Å². The van der Waals surface area contributed by atoms with E-state index >= 15 is 0 Å². The van der Waals surface area contributed by atoms with E-state index in [2.05, 4.69) is 22.4 Å². The van der Waals surface area contributed by atoms with Crippen LogP contribution in [0, 0.1) is 0 Å². The summed E-state index contributed by atoms with van der Waals surface area (Å²) in [4.78, 5) is 18.2. The standard InChI is InChI=1S/C24H31N3O3/c1-17(2)25-15-24(28)27(16-18-9-10-22(29-3)23(13-18)30-4)12-11-19-14-26-21-8-6-5-7-20(19)21/h5-10,13-14,17,25-26H,11-12,15-16H2,1-4H3. The predicted octanol–water partition coefficient (Wildman–Crippen LogP) is 3.75. The molecule has 0 saturated carbocycles. The average molecular weight is 410 g/mol. The Morgan fingerprint density at radius 3 is 2.60 bits per heavy atom. The Labute approximate surface area is 178 Å². The van der Waals surface area contributed by atoms with E-state index in [-0.39, 0.29) is 11.9 Å². The van der Waals surface area contributed by atoms with Crippen molar-refractivity contribution in [2.75, 3.05) is 27.3 Å². The van der Waals surface area contributed by atoms with Crippen molar-refractivity contribution in [2.24, 2.45) is 0 Å². The molecule has 1 amide bonds. The number of nitrogens with zero attached hydrogens (tertiary/aromatic N) is 1. The first-order chi connectivity index (χ1) is 14.5. The summed E-state index contributed by atoms with van der Waals surface area (Å²) >= 11 is 0. The van der Waals surface area contributed by atoms with Crippen LogP contribution in [0.25, 0.3) is 10.9 Å². The molecule has 0 atom stereocenters. The molecule has 0 aliphatic carbocycles. The van der Waals surface area contributed by atoms with Gasteiger partial charge in [0.2, 0.25) is 5.91 Å². The molecule has 160 valence electrons. The number of hydrogen-bond acceptors (Lipinski definition) is 4. The van der Waals surface area contributed by atoms with Gasteiger partial charge in [0.1, 0.15) is 0 Å². The summed E-state index contributed by atoms with van der Waals surface area (Å²) in [5.41, 5.74) is 3.34. The van der Waals surface area contributed by atoms with Crippen molar-refractivity contribution in [2.45, 2.75) is 32.9 Å². The number of H-pyrrole nitrogens is 1. The van der Waals surface area contributed by atoms with Gasteiger partial charge in [-0.25, -0.2) is 0 Å². The highest BCUT2D eigenvalue weighted by atomic mass is 16.5. The first-order valence-electron chi connectivity index (χ1n) is 10.3. The van der Waals surface area contributed by atoms with Gasteiger partial charge in [-0.1, -0.05) is 38.1 Å². The van der Waals surface area contributed by atoms with E-state index < -0.39 is 0 Å². The molecule has 1 aromatic heterocycles. The molecule has 2 aromatic carbocycles. The summed E-state index contributed by atoms with van der Waals surface area (Å²) in [7, 11) is 3.24. The fourth-order valence-corrected chi connectivity index (χ4v) is 3.49. The van der Waals surface area contributed by atoms with Crippen LogP contribution in [-0.2, 0) is 17.8 Å². The fourth-order valence-electron chi connectivity index (χ4n) is 3.49. The van der Waals surface area contributed by atoms with Gasteiger partial charge in [-0.15, -0.1) is 0 Å². The number of hydrogen-bond donors (Lipinski definition) is 2. The quantitative estimate of drug-likeness (QED) is 0.535. The Kier molecular flexibility index (Phi) is 7.36. The van der Waals surface area contributed by atoms with E-state index in [9.17, 15) is 4.79 Å². The van der Waals surface area contributed by atoms with Crippen LogP contribution in [-0.4, -0.2) is 49.1 Å². The third-order valence-corrected chi connectivity index (χ3v) is 5.16. The smallest absolute Gasteiger partial charge is 0.236 e. The molecule has 0 aliphatic rings. The van der Waals surface area contributed by atoms with Gasteiger partial charge in [-0.3, -0.25) is 4.79 Å². The second-order valence-electron chi connectivity index (χ2n) is 7.65. The number of fused-ring (bicyclic) bond motifs is 1. The third kappa shape index (κ3) is 5.33. The van der Waals surface area contributed by atoms with Crippen LogP contribution in [0.1, 0.15) is 25.0 Å². The third-order valence-electron chi connectivity index (χ3n) is 5.16. The molecular formula is C24H31N3O3. The number of carbonyl (C=O) groups excluding carboxylic acids is 1. The molecular weight excluding hydrogens is 378 g/mol. The van der Waals surface area contributed by atoms with E-state index in [4.69, 9.17) is 9.47 Å². The van der Waals surface area contributed by atoms with Crippen LogP contribution in [0.2, 0.25) is 0 Å². The zero-order valence-corrected chi connectivity index (χ0v) is 18.2. The van der Waals surface area contributed by atoms with Gasteiger partial charge in [0.15, 0.2) is 11.5 Å². The molecule has 6 heteroatoms. The molecule has 0 saturated heterocycles. The molecule has 0 radical (unpaired) electrons. The van der Waals surface area contributed by atoms with Crippen molar-refractivity contribution < 1.29 is 14.3 Å². The van der Waals surface area contributed by atoms with Crippen molar-refractivity contribution >= 4 is 16.8 Å². The predicted molar refractivity (Wildman–Crippen MR) is 120 cm³/mol. The van der Waals surface area contributed by atoms with Crippen molar-refractivity contribution in [1.82, 2.24) is 15.2 Å². The van der Waals surface area contributed by atoms with Gasteiger partial charge in [-0.2, -0.15) is 0 Å².